The normalized spacial score (nSPS) is 19.6. The maximum absolute atomic E-state index is 13.0. The van der Waals surface area contributed by atoms with Gasteiger partial charge in [0.25, 0.3) is 0 Å². The van der Waals surface area contributed by atoms with Crippen molar-refractivity contribution < 1.29 is 13.5 Å². The van der Waals surface area contributed by atoms with Crippen LogP contribution in [0.2, 0.25) is 0 Å². The first-order valence-electron chi connectivity index (χ1n) is 3.73. The van der Waals surface area contributed by atoms with Gasteiger partial charge in [-0.2, -0.15) is 5.26 Å². The van der Waals surface area contributed by atoms with Gasteiger partial charge in [-0.3, -0.25) is 0 Å². The van der Waals surface area contributed by atoms with Crippen molar-refractivity contribution in [3.63, 3.8) is 0 Å². The molecule has 0 aliphatic carbocycles. The predicted molar refractivity (Wildman–Crippen MR) is 39.8 cm³/mol. The fraction of sp³-hybridized carbons (Fsp3) is 0.222. The molecule has 2 rings (SSSR count). The lowest BCUT2D eigenvalue weighted by Crippen LogP contribution is -1.93. The van der Waals surface area contributed by atoms with Gasteiger partial charge in [0.15, 0.2) is 0 Å². The summed E-state index contributed by atoms with van der Waals surface area (Å²) in [6.07, 6.45) is -0.197. The van der Waals surface area contributed by atoms with Crippen LogP contribution in [0.4, 0.5) is 8.78 Å². The molecular formula is C9H5F2NO. The molecule has 0 spiro atoms. The van der Waals surface area contributed by atoms with Gasteiger partial charge in [-0.1, -0.05) is 0 Å². The number of benzene rings is 1. The summed E-state index contributed by atoms with van der Waals surface area (Å²) in [4.78, 5) is 0. The minimum atomic E-state index is -0.826. The fourth-order valence-corrected chi connectivity index (χ4v) is 1.13. The van der Waals surface area contributed by atoms with Crippen molar-refractivity contribution in [1.29, 1.82) is 5.26 Å². The van der Waals surface area contributed by atoms with Crippen LogP contribution in [0.1, 0.15) is 17.2 Å². The summed E-state index contributed by atoms with van der Waals surface area (Å²) >= 11 is 0. The third-order valence-corrected chi connectivity index (χ3v) is 1.88. The number of ether oxygens (including phenoxy) is 1. The molecule has 1 atom stereocenters. The van der Waals surface area contributed by atoms with E-state index < -0.39 is 17.2 Å². The van der Waals surface area contributed by atoms with E-state index in [0.29, 0.717) is 12.2 Å². The molecule has 0 radical (unpaired) electrons. The largest absolute Gasteiger partial charge is 0.368 e. The molecule has 66 valence electrons. The van der Waals surface area contributed by atoms with E-state index in [4.69, 9.17) is 10.00 Å². The van der Waals surface area contributed by atoms with Gasteiger partial charge >= 0.3 is 0 Å². The van der Waals surface area contributed by atoms with Gasteiger partial charge in [-0.25, -0.2) is 8.78 Å². The van der Waals surface area contributed by atoms with Gasteiger partial charge in [0.2, 0.25) is 0 Å². The minimum absolute atomic E-state index is 0.197. The summed E-state index contributed by atoms with van der Waals surface area (Å²) in [6.45, 7) is 0.491. The molecule has 4 heteroatoms. The molecule has 0 saturated carbocycles. The van der Waals surface area contributed by atoms with Gasteiger partial charge in [0, 0.05) is 0 Å². The van der Waals surface area contributed by atoms with Crippen molar-refractivity contribution in [1.82, 2.24) is 0 Å². The van der Waals surface area contributed by atoms with E-state index in [2.05, 4.69) is 0 Å². The van der Waals surface area contributed by atoms with Crippen LogP contribution in [0.3, 0.4) is 0 Å². The van der Waals surface area contributed by atoms with Crippen molar-refractivity contribution >= 4 is 0 Å². The molecule has 1 aromatic rings. The highest BCUT2D eigenvalue weighted by Gasteiger charge is 2.26. The summed E-state index contributed by atoms with van der Waals surface area (Å²) in [5.41, 5.74) is -0.0848. The summed E-state index contributed by atoms with van der Waals surface area (Å²) in [7, 11) is 0. The van der Waals surface area contributed by atoms with E-state index in [1.54, 1.807) is 0 Å². The van der Waals surface area contributed by atoms with Crippen molar-refractivity contribution in [3.8, 4) is 6.07 Å². The average molecular weight is 181 g/mol. The molecule has 0 N–H and O–H groups in total. The molecule has 1 heterocycles. The number of epoxide rings is 1. The molecule has 1 unspecified atom stereocenters. The Hall–Kier alpha value is -1.47. The molecule has 1 aliphatic rings. The molecule has 1 aromatic carbocycles. The monoisotopic (exact) mass is 181 g/mol. The topological polar surface area (TPSA) is 36.3 Å². The molecule has 0 aromatic heterocycles. The van der Waals surface area contributed by atoms with Crippen molar-refractivity contribution in [2.75, 3.05) is 6.61 Å². The molecular weight excluding hydrogens is 176 g/mol. The first kappa shape index (κ1) is 8.14. The van der Waals surface area contributed by atoms with E-state index in [0.717, 1.165) is 12.1 Å². The van der Waals surface area contributed by atoms with Crippen LogP contribution in [0, 0.1) is 23.0 Å². The quantitative estimate of drug-likeness (QED) is 0.620. The zero-order chi connectivity index (χ0) is 9.42. The van der Waals surface area contributed by atoms with Crippen molar-refractivity contribution in [2.45, 2.75) is 6.10 Å². The molecule has 1 saturated heterocycles. The Balaban J connectivity index is 2.50. The highest BCUT2D eigenvalue weighted by Crippen LogP contribution is 2.31. The van der Waals surface area contributed by atoms with Gasteiger partial charge in [0.1, 0.15) is 29.4 Å². The summed E-state index contributed by atoms with van der Waals surface area (Å²) in [5, 5.41) is 8.38. The van der Waals surface area contributed by atoms with E-state index in [1.807, 2.05) is 0 Å². The van der Waals surface area contributed by atoms with Crippen LogP contribution >= 0.6 is 0 Å². The highest BCUT2D eigenvalue weighted by atomic mass is 19.1. The Labute approximate surface area is 73.4 Å². The Bertz CT molecular complexity index is 370. The third-order valence-electron chi connectivity index (χ3n) is 1.88. The van der Waals surface area contributed by atoms with Crippen LogP contribution in [0.25, 0.3) is 0 Å². The Kier molecular flexibility index (Phi) is 1.74. The van der Waals surface area contributed by atoms with Crippen LogP contribution in [-0.4, -0.2) is 6.61 Å². The Morgan fingerprint density at radius 2 is 1.92 bits per heavy atom. The SMILES string of the molecule is N#Cc1c(F)cc(C2CO2)cc1F. The molecule has 0 amide bonds. The zero-order valence-corrected chi connectivity index (χ0v) is 6.55. The van der Waals surface area contributed by atoms with E-state index in [1.165, 1.54) is 6.07 Å². The molecule has 1 fully saturated rings. The molecule has 0 bridgehead atoms. The van der Waals surface area contributed by atoms with Crippen molar-refractivity contribution in [2.24, 2.45) is 0 Å². The Morgan fingerprint density at radius 3 is 2.31 bits per heavy atom. The van der Waals surface area contributed by atoms with Gasteiger partial charge in [0.05, 0.1) is 6.61 Å². The second-order valence-corrected chi connectivity index (χ2v) is 2.79. The van der Waals surface area contributed by atoms with Gasteiger partial charge in [-0.15, -0.1) is 0 Å². The van der Waals surface area contributed by atoms with Crippen molar-refractivity contribution in [3.05, 3.63) is 34.9 Å². The summed E-state index contributed by atoms with van der Waals surface area (Å²) in [6, 6.07) is 3.74. The highest BCUT2D eigenvalue weighted by molar-refractivity contribution is 5.36. The standard InChI is InChI=1S/C9H5F2NO/c10-7-1-5(9-4-13-9)2-8(11)6(7)3-12/h1-2,9H,4H2. The fourth-order valence-electron chi connectivity index (χ4n) is 1.13. The Morgan fingerprint density at radius 1 is 1.38 bits per heavy atom. The summed E-state index contributed by atoms with van der Waals surface area (Å²) < 4.78 is 30.8. The number of rotatable bonds is 1. The van der Waals surface area contributed by atoms with E-state index >= 15 is 0 Å². The number of hydrogen-bond acceptors (Lipinski definition) is 2. The molecule has 13 heavy (non-hydrogen) atoms. The lowest BCUT2D eigenvalue weighted by molar-refractivity contribution is 0.413. The van der Waals surface area contributed by atoms with E-state index in [-0.39, 0.29) is 6.10 Å². The van der Waals surface area contributed by atoms with Crippen LogP contribution in [0.15, 0.2) is 12.1 Å². The molecule has 1 aliphatic heterocycles. The first-order chi connectivity index (χ1) is 6.22. The van der Waals surface area contributed by atoms with Crippen LogP contribution in [-0.2, 0) is 4.74 Å². The number of hydrogen-bond donors (Lipinski definition) is 0. The van der Waals surface area contributed by atoms with Crippen LogP contribution < -0.4 is 0 Å². The average Bonchev–Trinajstić information content (AvgIpc) is 2.85. The predicted octanol–water partition coefficient (Wildman–Crippen LogP) is 1.91. The summed E-state index contributed by atoms with van der Waals surface area (Å²) in [5.74, 6) is -1.65. The lowest BCUT2D eigenvalue weighted by atomic mass is 10.1. The zero-order valence-electron chi connectivity index (χ0n) is 6.55. The third kappa shape index (κ3) is 1.38. The van der Waals surface area contributed by atoms with Gasteiger partial charge < -0.3 is 4.74 Å². The smallest absolute Gasteiger partial charge is 0.144 e. The first-order valence-corrected chi connectivity index (χ1v) is 3.73. The van der Waals surface area contributed by atoms with Crippen LogP contribution in [0.5, 0.6) is 0 Å². The minimum Gasteiger partial charge on any atom is -0.368 e. The number of halogens is 2. The maximum Gasteiger partial charge on any atom is 0.144 e. The van der Waals surface area contributed by atoms with E-state index in [9.17, 15) is 8.78 Å². The molecule has 2 nitrogen and oxygen atoms in total. The number of nitrogens with zero attached hydrogens (tertiary/aromatic N) is 1. The lowest BCUT2D eigenvalue weighted by Gasteiger charge is -1.99. The van der Waals surface area contributed by atoms with Gasteiger partial charge in [-0.05, 0) is 17.7 Å². The number of nitriles is 1. The maximum atomic E-state index is 13.0. The second kappa shape index (κ2) is 2.79. The second-order valence-electron chi connectivity index (χ2n) is 2.79.